The van der Waals surface area contributed by atoms with Crippen molar-refractivity contribution in [2.24, 2.45) is 5.92 Å². The summed E-state index contributed by atoms with van der Waals surface area (Å²) < 4.78 is 9.20. The van der Waals surface area contributed by atoms with Gasteiger partial charge >= 0.3 is 11.9 Å². The van der Waals surface area contributed by atoms with Crippen molar-refractivity contribution in [3.63, 3.8) is 0 Å². The minimum atomic E-state index is -0.964. The molecule has 1 aliphatic rings. The van der Waals surface area contributed by atoms with Crippen LogP contribution in [0.25, 0.3) is 0 Å². The zero-order chi connectivity index (χ0) is 16.0. The predicted octanol–water partition coefficient (Wildman–Crippen LogP) is -0.878. The van der Waals surface area contributed by atoms with Gasteiger partial charge in [0.1, 0.15) is 12.1 Å². The molecule has 0 aliphatic carbocycles. The van der Waals surface area contributed by atoms with Gasteiger partial charge in [0.25, 0.3) is 0 Å². The molecule has 2 N–H and O–H groups in total. The second kappa shape index (κ2) is 7.61. The van der Waals surface area contributed by atoms with Gasteiger partial charge in [-0.25, -0.2) is 4.79 Å². The summed E-state index contributed by atoms with van der Waals surface area (Å²) in [4.78, 5) is 46.2. The van der Waals surface area contributed by atoms with Crippen LogP contribution in [0.5, 0.6) is 0 Å². The van der Waals surface area contributed by atoms with Gasteiger partial charge in [-0.2, -0.15) is 0 Å². The van der Waals surface area contributed by atoms with Crippen molar-refractivity contribution in [2.75, 3.05) is 14.2 Å². The van der Waals surface area contributed by atoms with E-state index in [9.17, 15) is 19.2 Å². The molecule has 0 aromatic heterocycles. The summed E-state index contributed by atoms with van der Waals surface area (Å²) in [6.07, 6.45) is 0.719. The minimum absolute atomic E-state index is 0.0613. The first-order valence-electron chi connectivity index (χ1n) is 6.64. The average molecular weight is 300 g/mol. The lowest BCUT2D eigenvalue weighted by Gasteiger charge is -2.21. The first-order valence-corrected chi connectivity index (χ1v) is 6.64. The number of esters is 2. The van der Waals surface area contributed by atoms with Crippen molar-refractivity contribution in [3.05, 3.63) is 0 Å². The van der Waals surface area contributed by atoms with E-state index >= 15 is 0 Å². The molecule has 8 nitrogen and oxygen atoms in total. The third-order valence-electron chi connectivity index (χ3n) is 3.31. The highest BCUT2D eigenvalue weighted by Gasteiger charge is 2.32. The van der Waals surface area contributed by atoms with E-state index in [0.717, 1.165) is 0 Å². The smallest absolute Gasteiger partial charge is 0.328 e. The largest absolute Gasteiger partial charge is 0.469 e. The average Bonchev–Trinajstić information content (AvgIpc) is 2.91. The van der Waals surface area contributed by atoms with E-state index in [1.807, 2.05) is 0 Å². The Morgan fingerprint density at radius 3 is 2.38 bits per heavy atom. The molecule has 0 aromatic rings. The number of rotatable bonds is 6. The molecule has 0 spiro atoms. The van der Waals surface area contributed by atoms with Crippen molar-refractivity contribution >= 4 is 23.8 Å². The summed E-state index contributed by atoms with van der Waals surface area (Å²) in [5, 5.41) is 5.01. The molecule has 1 rings (SSSR count). The van der Waals surface area contributed by atoms with E-state index in [1.165, 1.54) is 14.2 Å². The molecule has 0 saturated carbocycles. The van der Waals surface area contributed by atoms with Crippen LogP contribution >= 0.6 is 0 Å². The number of amides is 2. The van der Waals surface area contributed by atoms with Gasteiger partial charge in [-0.1, -0.05) is 6.92 Å². The van der Waals surface area contributed by atoms with Gasteiger partial charge in [-0.15, -0.1) is 0 Å². The van der Waals surface area contributed by atoms with E-state index in [4.69, 9.17) is 0 Å². The van der Waals surface area contributed by atoms with Gasteiger partial charge < -0.3 is 20.1 Å². The van der Waals surface area contributed by atoms with Crippen LogP contribution in [-0.4, -0.2) is 50.1 Å². The number of ether oxygens (including phenoxy) is 2. The van der Waals surface area contributed by atoms with Crippen molar-refractivity contribution in [1.82, 2.24) is 10.6 Å². The van der Waals surface area contributed by atoms with Crippen LogP contribution in [0.2, 0.25) is 0 Å². The predicted molar refractivity (Wildman–Crippen MR) is 70.9 cm³/mol. The molecule has 1 saturated heterocycles. The van der Waals surface area contributed by atoms with Crippen molar-refractivity contribution < 1.29 is 28.7 Å². The standard InChI is InChI=1S/C13H20N2O6/c1-7(12(18)20-2)6-9(13(19)21-3)15-11(17)8-4-5-10(16)14-8/h7-9H,4-6H2,1-3H3,(H,14,16)(H,15,17)/t7-,8+,9-/m0/s1. The van der Waals surface area contributed by atoms with Crippen LogP contribution in [0.15, 0.2) is 0 Å². The summed E-state index contributed by atoms with van der Waals surface area (Å²) in [7, 11) is 2.44. The SMILES string of the molecule is COC(=O)[C@H](C[C@H](C)C(=O)OC)NC(=O)[C@H]1CCC(=O)N1. The second-order valence-corrected chi connectivity index (χ2v) is 4.90. The molecule has 118 valence electrons. The molecule has 1 fully saturated rings. The van der Waals surface area contributed by atoms with Crippen molar-refractivity contribution in [1.29, 1.82) is 0 Å². The number of carbonyl (C=O) groups is 4. The lowest BCUT2D eigenvalue weighted by Crippen LogP contribution is -2.50. The van der Waals surface area contributed by atoms with Crippen LogP contribution in [-0.2, 0) is 28.7 Å². The highest BCUT2D eigenvalue weighted by atomic mass is 16.5. The van der Waals surface area contributed by atoms with Crippen molar-refractivity contribution in [2.45, 2.75) is 38.3 Å². The van der Waals surface area contributed by atoms with E-state index < -0.39 is 35.8 Å². The molecule has 21 heavy (non-hydrogen) atoms. The number of nitrogens with one attached hydrogen (secondary N) is 2. The maximum atomic E-state index is 12.0. The van der Waals surface area contributed by atoms with E-state index in [0.29, 0.717) is 6.42 Å². The zero-order valence-electron chi connectivity index (χ0n) is 12.3. The van der Waals surface area contributed by atoms with Crippen LogP contribution in [0.1, 0.15) is 26.2 Å². The summed E-state index contributed by atoms with van der Waals surface area (Å²) in [5.74, 6) is -2.37. The lowest BCUT2D eigenvalue weighted by atomic mass is 10.0. The Balaban J connectivity index is 2.65. The van der Waals surface area contributed by atoms with Crippen LogP contribution in [0, 0.1) is 5.92 Å². The van der Waals surface area contributed by atoms with E-state index in [1.54, 1.807) is 6.92 Å². The highest BCUT2D eigenvalue weighted by Crippen LogP contribution is 2.11. The molecular formula is C13H20N2O6. The summed E-state index contributed by atoms with van der Waals surface area (Å²) in [5.41, 5.74) is 0. The Labute approximate surface area is 122 Å². The Bertz CT molecular complexity index is 436. The second-order valence-electron chi connectivity index (χ2n) is 4.90. The Morgan fingerprint density at radius 2 is 1.90 bits per heavy atom. The van der Waals surface area contributed by atoms with E-state index in [-0.39, 0.29) is 18.7 Å². The van der Waals surface area contributed by atoms with Crippen LogP contribution in [0.4, 0.5) is 0 Å². The molecule has 0 unspecified atom stereocenters. The molecule has 0 radical (unpaired) electrons. The fraction of sp³-hybridized carbons (Fsp3) is 0.692. The quantitative estimate of drug-likeness (QED) is 0.616. The highest BCUT2D eigenvalue weighted by molar-refractivity contribution is 5.93. The summed E-state index contributed by atoms with van der Waals surface area (Å²) in [6.45, 7) is 1.59. The molecular weight excluding hydrogens is 280 g/mol. The van der Waals surface area contributed by atoms with Gasteiger partial charge in [0.05, 0.1) is 20.1 Å². The molecule has 1 heterocycles. The first kappa shape index (κ1) is 16.9. The maximum absolute atomic E-state index is 12.0. The number of hydrogen-bond acceptors (Lipinski definition) is 6. The normalized spacial score (nSPS) is 20.1. The molecule has 0 bridgehead atoms. The molecule has 0 aromatic carbocycles. The van der Waals surface area contributed by atoms with Gasteiger partial charge in [0.15, 0.2) is 0 Å². The van der Waals surface area contributed by atoms with E-state index in [2.05, 4.69) is 20.1 Å². The zero-order valence-corrected chi connectivity index (χ0v) is 12.3. The Hall–Kier alpha value is -2.12. The van der Waals surface area contributed by atoms with Gasteiger partial charge in [0.2, 0.25) is 11.8 Å². The van der Waals surface area contributed by atoms with Gasteiger partial charge in [0, 0.05) is 6.42 Å². The first-order chi connectivity index (χ1) is 9.88. The number of methoxy groups -OCH3 is 2. The molecule has 3 atom stereocenters. The van der Waals surface area contributed by atoms with Crippen LogP contribution < -0.4 is 10.6 Å². The minimum Gasteiger partial charge on any atom is -0.469 e. The molecule has 2 amide bonds. The fourth-order valence-electron chi connectivity index (χ4n) is 2.09. The molecule has 1 aliphatic heterocycles. The topological polar surface area (TPSA) is 111 Å². The Morgan fingerprint density at radius 1 is 1.29 bits per heavy atom. The molecule has 8 heteroatoms. The third kappa shape index (κ3) is 4.73. The number of hydrogen-bond donors (Lipinski definition) is 2. The van der Waals surface area contributed by atoms with Gasteiger partial charge in [-0.3, -0.25) is 14.4 Å². The summed E-state index contributed by atoms with van der Waals surface area (Å²) in [6, 6.07) is -1.62. The maximum Gasteiger partial charge on any atom is 0.328 e. The monoisotopic (exact) mass is 300 g/mol. The Kier molecular flexibility index (Phi) is 6.13. The van der Waals surface area contributed by atoms with Crippen molar-refractivity contribution in [3.8, 4) is 0 Å². The summed E-state index contributed by atoms with van der Waals surface area (Å²) >= 11 is 0. The third-order valence-corrected chi connectivity index (χ3v) is 3.31. The number of carbonyl (C=O) groups excluding carboxylic acids is 4. The van der Waals surface area contributed by atoms with Gasteiger partial charge in [-0.05, 0) is 12.8 Å². The lowest BCUT2D eigenvalue weighted by molar-refractivity contribution is -0.149. The van der Waals surface area contributed by atoms with Crippen LogP contribution in [0.3, 0.4) is 0 Å². The fourth-order valence-corrected chi connectivity index (χ4v) is 2.09.